The van der Waals surface area contributed by atoms with Gasteiger partial charge in [0.25, 0.3) is 0 Å². The lowest BCUT2D eigenvalue weighted by atomic mass is 9.85. The van der Waals surface area contributed by atoms with Gasteiger partial charge in [-0.25, -0.2) is 0 Å². The highest BCUT2D eigenvalue weighted by atomic mass is 16.1. The van der Waals surface area contributed by atoms with Crippen LogP contribution in [0.2, 0.25) is 0 Å². The number of nitrogens with zero attached hydrogens (tertiary/aromatic N) is 5. The van der Waals surface area contributed by atoms with Crippen molar-refractivity contribution in [2.24, 2.45) is 0 Å². The van der Waals surface area contributed by atoms with Crippen molar-refractivity contribution in [3.05, 3.63) is 58.8 Å². The van der Waals surface area contributed by atoms with E-state index in [1.54, 1.807) is 4.68 Å². The zero-order valence-corrected chi connectivity index (χ0v) is 16.7. The molecule has 1 saturated heterocycles. The van der Waals surface area contributed by atoms with Crippen molar-refractivity contribution in [2.75, 3.05) is 23.3 Å². The van der Waals surface area contributed by atoms with Gasteiger partial charge in [-0.15, -0.1) is 10.2 Å². The molecule has 1 atom stereocenters. The number of benzene rings is 1. The quantitative estimate of drug-likeness (QED) is 0.745. The van der Waals surface area contributed by atoms with Crippen LogP contribution in [0.25, 0.3) is 5.82 Å². The van der Waals surface area contributed by atoms with Crippen molar-refractivity contribution < 1.29 is 4.79 Å². The summed E-state index contributed by atoms with van der Waals surface area (Å²) in [6.45, 7) is 6.11. The molecule has 0 bridgehead atoms. The molecule has 1 fully saturated rings. The second kappa shape index (κ2) is 6.99. The zero-order chi connectivity index (χ0) is 20.0. The molecule has 3 aromatic rings. The average Bonchev–Trinajstić information content (AvgIpc) is 3.36. The third-order valence-electron chi connectivity index (χ3n) is 5.83. The minimum absolute atomic E-state index is 0.00759. The maximum atomic E-state index is 12.5. The van der Waals surface area contributed by atoms with Crippen LogP contribution in [0.15, 0.2) is 36.4 Å². The Balaban J connectivity index is 1.55. The highest BCUT2D eigenvalue weighted by molar-refractivity contribution is 5.95. The summed E-state index contributed by atoms with van der Waals surface area (Å²) in [6.07, 6.45) is 2.81. The number of amides is 1. The van der Waals surface area contributed by atoms with E-state index in [1.165, 1.54) is 18.4 Å². The summed E-state index contributed by atoms with van der Waals surface area (Å²) in [6, 6.07) is 12.3. The predicted octanol–water partition coefficient (Wildman–Crippen LogP) is 3.35. The van der Waals surface area contributed by atoms with Gasteiger partial charge < -0.3 is 10.2 Å². The normalized spacial score (nSPS) is 18.6. The van der Waals surface area contributed by atoms with Gasteiger partial charge in [-0.2, -0.15) is 9.78 Å². The fraction of sp³-hybridized carbons (Fsp3) is 0.364. The second-order valence-corrected chi connectivity index (χ2v) is 7.92. The van der Waals surface area contributed by atoms with E-state index in [1.807, 2.05) is 25.1 Å². The molecule has 0 radical (unpaired) electrons. The summed E-state index contributed by atoms with van der Waals surface area (Å²) in [5, 5.41) is 16.5. The van der Waals surface area contributed by atoms with E-state index < -0.39 is 0 Å². The maximum Gasteiger partial charge on any atom is 0.226 e. The number of carbonyl (C=O) groups excluding carboxylic acids is 1. The fourth-order valence-electron chi connectivity index (χ4n) is 4.43. The molecule has 148 valence electrons. The molecule has 5 rings (SSSR count). The monoisotopic (exact) mass is 388 g/mol. The minimum atomic E-state index is -0.00997. The molecule has 2 aromatic heterocycles. The van der Waals surface area contributed by atoms with Gasteiger partial charge in [-0.3, -0.25) is 4.79 Å². The summed E-state index contributed by atoms with van der Waals surface area (Å²) >= 11 is 0. The van der Waals surface area contributed by atoms with Gasteiger partial charge in [0.1, 0.15) is 5.82 Å². The Bertz CT molecular complexity index is 1070. The molecule has 0 unspecified atom stereocenters. The lowest BCUT2D eigenvalue weighted by molar-refractivity contribution is -0.116. The van der Waals surface area contributed by atoms with E-state index in [0.717, 1.165) is 35.7 Å². The molecule has 2 aliphatic rings. The number of aryl methyl sites for hydroxylation is 2. The number of fused-ring (bicyclic) bond motifs is 1. The topological polar surface area (TPSA) is 75.9 Å². The molecule has 0 spiro atoms. The van der Waals surface area contributed by atoms with E-state index in [0.29, 0.717) is 18.1 Å². The molecule has 1 aromatic carbocycles. The lowest BCUT2D eigenvalue weighted by Gasteiger charge is -2.24. The summed E-state index contributed by atoms with van der Waals surface area (Å²) in [5.41, 5.74) is 4.28. The van der Waals surface area contributed by atoms with Crippen LogP contribution in [0.3, 0.4) is 0 Å². The maximum absolute atomic E-state index is 12.5. The summed E-state index contributed by atoms with van der Waals surface area (Å²) in [7, 11) is 0. The smallest absolute Gasteiger partial charge is 0.226 e. The first kappa shape index (κ1) is 17.8. The molecular formula is C22H24N6O. The lowest BCUT2D eigenvalue weighted by Crippen LogP contribution is -2.25. The van der Waals surface area contributed by atoms with Gasteiger partial charge in [0.15, 0.2) is 11.6 Å². The van der Waals surface area contributed by atoms with Gasteiger partial charge >= 0.3 is 0 Å². The highest BCUT2D eigenvalue weighted by Crippen LogP contribution is 2.40. The van der Waals surface area contributed by atoms with Crippen molar-refractivity contribution in [3.8, 4) is 5.82 Å². The van der Waals surface area contributed by atoms with Crippen molar-refractivity contribution in [3.63, 3.8) is 0 Å². The molecule has 7 nitrogen and oxygen atoms in total. The van der Waals surface area contributed by atoms with Crippen LogP contribution in [0.5, 0.6) is 0 Å². The summed E-state index contributed by atoms with van der Waals surface area (Å²) in [4.78, 5) is 14.8. The third kappa shape index (κ3) is 3.16. The highest BCUT2D eigenvalue weighted by Gasteiger charge is 2.33. The molecule has 29 heavy (non-hydrogen) atoms. The number of hydrogen-bond donors (Lipinski definition) is 1. The molecule has 0 saturated carbocycles. The van der Waals surface area contributed by atoms with Crippen LogP contribution in [0.4, 0.5) is 11.6 Å². The van der Waals surface area contributed by atoms with Crippen LogP contribution in [0, 0.1) is 13.8 Å². The van der Waals surface area contributed by atoms with Crippen LogP contribution < -0.4 is 10.2 Å². The Morgan fingerprint density at radius 1 is 1.03 bits per heavy atom. The van der Waals surface area contributed by atoms with Crippen molar-refractivity contribution >= 4 is 17.5 Å². The van der Waals surface area contributed by atoms with Crippen LogP contribution >= 0.6 is 0 Å². The molecule has 1 amide bonds. The van der Waals surface area contributed by atoms with Gasteiger partial charge in [0.05, 0.1) is 5.69 Å². The summed E-state index contributed by atoms with van der Waals surface area (Å²) < 4.78 is 1.71. The van der Waals surface area contributed by atoms with E-state index >= 15 is 0 Å². The number of rotatable bonds is 3. The largest absolute Gasteiger partial charge is 0.355 e. The Kier molecular flexibility index (Phi) is 4.30. The van der Waals surface area contributed by atoms with Crippen molar-refractivity contribution in [1.29, 1.82) is 0 Å². The van der Waals surface area contributed by atoms with Crippen LogP contribution in [0.1, 0.15) is 47.6 Å². The number of carbonyl (C=O) groups is 1. The second-order valence-electron chi connectivity index (χ2n) is 7.92. The number of hydrogen-bond acceptors (Lipinski definition) is 5. The SMILES string of the molecule is Cc1cccc([C@@H]2CC(=O)Nc3c2c(C)nn3-c2ccc(N3CCCC3)nn2)c1. The molecular weight excluding hydrogens is 364 g/mol. The first-order chi connectivity index (χ1) is 14.1. The van der Waals surface area contributed by atoms with Crippen LogP contribution in [-0.4, -0.2) is 39.0 Å². The zero-order valence-electron chi connectivity index (χ0n) is 16.7. The summed E-state index contributed by atoms with van der Waals surface area (Å²) in [5.74, 6) is 2.19. The molecule has 2 aliphatic heterocycles. The Morgan fingerprint density at radius 3 is 2.52 bits per heavy atom. The molecule has 0 aliphatic carbocycles. The van der Waals surface area contributed by atoms with Crippen LogP contribution in [-0.2, 0) is 4.79 Å². The van der Waals surface area contributed by atoms with E-state index in [9.17, 15) is 4.79 Å². The first-order valence-corrected chi connectivity index (χ1v) is 10.1. The Hall–Kier alpha value is -3.22. The predicted molar refractivity (Wildman–Crippen MR) is 112 cm³/mol. The van der Waals surface area contributed by atoms with Gasteiger partial charge in [0.2, 0.25) is 5.91 Å². The fourth-order valence-corrected chi connectivity index (χ4v) is 4.43. The third-order valence-corrected chi connectivity index (χ3v) is 5.83. The number of nitrogens with one attached hydrogen (secondary N) is 1. The van der Waals surface area contributed by atoms with Crippen molar-refractivity contribution in [2.45, 2.75) is 39.0 Å². The van der Waals surface area contributed by atoms with Gasteiger partial charge in [0, 0.05) is 31.0 Å². The minimum Gasteiger partial charge on any atom is -0.355 e. The molecule has 7 heteroatoms. The van der Waals surface area contributed by atoms with Gasteiger partial charge in [-0.1, -0.05) is 29.8 Å². The first-order valence-electron chi connectivity index (χ1n) is 10.1. The Labute approximate surface area is 169 Å². The Morgan fingerprint density at radius 2 is 1.79 bits per heavy atom. The molecule has 1 N–H and O–H groups in total. The van der Waals surface area contributed by atoms with E-state index in [-0.39, 0.29) is 11.8 Å². The van der Waals surface area contributed by atoms with Gasteiger partial charge in [-0.05, 0) is 44.4 Å². The van der Waals surface area contributed by atoms with E-state index in [2.05, 4.69) is 45.5 Å². The van der Waals surface area contributed by atoms with E-state index in [4.69, 9.17) is 5.10 Å². The molecule has 4 heterocycles. The van der Waals surface area contributed by atoms with Crippen molar-refractivity contribution in [1.82, 2.24) is 20.0 Å². The average molecular weight is 388 g/mol. The number of aromatic nitrogens is 4. The number of anilines is 2. The standard InChI is InChI=1S/C22H24N6O/c1-14-6-5-7-16(12-14)17-13-20(29)23-22-21(17)15(2)26-28(22)19-9-8-18(24-25-19)27-10-3-4-11-27/h5-9,12,17H,3-4,10-11,13H2,1-2H3,(H,23,29)/t17-/m0/s1.